The molecule has 2 aromatic heterocycles. The third-order valence-electron chi connectivity index (χ3n) is 3.72. The standard InChI is InChI=1S/C19H23N5O2/c1-4-25-19-23-17(20-12-16-6-5-11-26-16)22-18(24-19)21-15-9-7-14(8-10-15)13(2)3/h5-11,13H,4,12H2,1-3H3,(H2,20,21,22,23,24). The second-order valence-electron chi connectivity index (χ2n) is 6.03. The number of anilines is 3. The first-order chi connectivity index (χ1) is 12.6. The summed E-state index contributed by atoms with van der Waals surface area (Å²) in [5.74, 6) is 2.12. The average Bonchev–Trinajstić information content (AvgIpc) is 3.14. The van der Waals surface area contributed by atoms with Crippen LogP contribution in [-0.4, -0.2) is 21.6 Å². The van der Waals surface area contributed by atoms with Gasteiger partial charge in [0.1, 0.15) is 5.76 Å². The minimum Gasteiger partial charge on any atom is -0.467 e. The fourth-order valence-corrected chi connectivity index (χ4v) is 2.34. The summed E-state index contributed by atoms with van der Waals surface area (Å²) in [6.07, 6.45) is 1.63. The molecule has 1 aromatic carbocycles. The van der Waals surface area contributed by atoms with Crippen LogP contribution in [0.4, 0.5) is 17.6 Å². The molecule has 136 valence electrons. The van der Waals surface area contributed by atoms with E-state index in [1.807, 2.05) is 31.2 Å². The van der Waals surface area contributed by atoms with Crippen molar-refractivity contribution in [3.63, 3.8) is 0 Å². The van der Waals surface area contributed by atoms with Gasteiger partial charge in [0, 0.05) is 5.69 Å². The van der Waals surface area contributed by atoms with Crippen molar-refractivity contribution in [3.8, 4) is 6.01 Å². The molecule has 0 spiro atoms. The van der Waals surface area contributed by atoms with Crippen molar-refractivity contribution in [2.45, 2.75) is 33.2 Å². The number of furan rings is 1. The van der Waals surface area contributed by atoms with Crippen LogP contribution in [0.15, 0.2) is 47.1 Å². The normalized spacial score (nSPS) is 10.8. The van der Waals surface area contributed by atoms with Crippen LogP contribution in [0.5, 0.6) is 6.01 Å². The van der Waals surface area contributed by atoms with E-state index in [1.165, 1.54) is 5.56 Å². The largest absolute Gasteiger partial charge is 0.467 e. The summed E-state index contributed by atoms with van der Waals surface area (Å²) in [6, 6.07) is 12.2. The number of benzene rings is 1. The fraction of sp³-hybridized carbons (Fsp3) is 0.316. The smallest absolute Gasteiger partial charge is 0.323 e. The Morgan fingerprint density at radius 3 is 2.46 bits per heavy atom. The van der Waals surface area contributed by atoms with Gasteiger partial charge >= 0.3 is 6.01 Å². The lowest BCUT2D eigenvalue weighted by Crippen LogP contribution is -2.09. The maximum absolute atomic E-state index is 5.45. The first kappa shape index (κ1) is 17.7. The molecule has 3 rings (SSSR count). The highest BCUT2D eigenvalue weighted by atomic mass is 16.5. The van der Waals surface area contributed by atoms with Crippen LogP contribution in [0.2, 0.25) is 0 Å². The summed E-state index contributed by atoms with van der Waals surface area (Å²) in [4.78, 5) is 13.0. The quantitative estimate of drug-likeness (QED) is 0.623. The van der Waals surface area contributed by atoms with E-state index in [-0.39, 0.29) is 6.01 Å². The molecule has 0 bridgehead atoms. The van der Waals surface area contributed by atoms with E-state index in [0.717, 1.165) is 11.4 Å². The molecule has 0 aliphatic carbocycles. The summed E-state index contributed by atoms with van der Waals surface area (Å²) in [6.45, 7) is 7.17. The summed E-state index contributed by atoms with van der Waals surface area (Å²) in [5, 5.41) is 6.32. The van der Waals surface area contributed by atoms with E-state index in [9.17, 15) is 0 Å². The molecule has 0 amide bonds. The average molecular weight is 353 g/mol. The molecule has 26 heavy (non-hydrogen) atoms. The van der Waals surface area contributed by atoms with Gasteiger partial charge in [-0.3, -0.25) is 0 Å². The predicted octanol–water partition coefficient (Wildman–Crippen LogP) is 4.34. The topological polar surface area (TPSA) is 85.1 Å². The van der Waals surface area contributed by atoms with Crippen LogP contribution in [0.25, 0.3) is 0 Å². The Hall–Kier alpha value is -3.09. The van der Waals surface area contributed by atoms with Gasteiger partial charge in [-0.2, -0.15) is 15.0 Å². The zero-order valence-electron chi connectivity index (χ0n) is 15.2. The van der Waals surface area contributed by atoms with E-state index in [2.05, 4.69) is 51.6 Å². The molecule has 7 nitrogen and oxygen atoms in total. The highest BCUT2D eigenvalue weighted by Crippen LogP contribution is 2.20. The van der Waals surface area contributed by atoms with Gasteiger partial charge in [0.2, 0.25) is 11.9 Å². The van der Waals surface area contributed by atoms with Gasteiger partial charge in [-0.25, -0.2) is 0 Å². The van der Waals surface area contributed by atoms with Crippen LogP contribution in [0.1, 0.15) is 38.0 Å². The van der Waals surface area contributed by atoms with E-state index in [0.29, 0.717) is 31.0 Å². The van der Waals surface area contributed by atoms with E-state index < -0.39 is 0 Å². The fourth-order valence-electron chi connectivity index (χ4n) is 2.34. The maximum atomic E-state index is 5.45. The molecular formula is C19H23N5O2. The van der Waals surface area contributed by atoms with Crippen molar-refractivity contribution in [1.29, 1.82) is 0 Å². The number of hydrogen-bond acceptors (Lipinski definition) is 7. The minimum atomic E-state index is 0.269. The van der Waals surface area contributed by atoms with E-state index in [4.69, 9.17) is 9.15 Å². The molecular weight excluding hydrogens is 330 g/mol. The SMILES string of the molecule is CCOc1nc(NCc2ccco2)nc(Nc2ccc(C(C)C)cc2)n1. The second-order valence-corrected chi connectivity index (χ2v) is 6.03. The Kier molecular flexibility index (Phi) is 5.68. The monoisotopic (exact) mass is 353 g/mol. The molecule has 0 atom stereocenters. The lowest BCUT2D eigenvalue weighted by molar-refractivity contribution is 0.312. The minimum absolute atomic E-state index is 0.269. The van der Waals surface area contributed by atoms with Crippen molar-refractivity contribution in [2.24, 2.45) is 0 Å². The molecule has 0 unspecified atom stereocenters. The molecule has 0 saturated carbocycles. The van der Waals surface area contributed by atoms with E-state index >= 15 is 0 Å². The highest BCUT2D eigenvalue weighted by molar-refractivity contribution is 5.55. The summed E-state index contributed by atoms with van der Waals surface area (Å²) >= 11 is 0. The molecule has 3 aromatic rings. The number of nitrogens with one attached hydrogen (secondary N) is 2. The van der Waals surface area contributed by atoms with Gasteiger partial charge in [0.25, 0.3) is 0 Å². The third-order valence-corrected chi connectivity index (χ3v) is 3.72. The first-order valence-electron chi connectivity index (χ1n) is 8.66. The van der Waals surface area contributed by atoms with Gasteiger partial charge < -0.3 is 19.8 Å². The van der Waals surface area contributed by atoms with Crippen LogP contribution >= 0.6 is 0 Å². The Labute approximate surface area is 152 Å². The molecule has 2 heterocycles. The first-order valence-corrected chi connectivity index (χ1v) is 8.66. The number of rotatable bonds is 8. The third kappa shape index (κ3) is 4.72. The van der Waals surface area contributed by atoms with Crippen molar-refractivity contribution < 1.29 is 9.15 Å². The van der Waals surface area contributed by atoms with Crippen molar-refractivity contribution >= 4 is 17.6 Å². The number of ether oxygens (including phenoxy) is 1. The summed E-state index contributed by atoms with van der Waals surface area (Å²) in [7, 11) is 0. The van der Waals surface area contributed by atoms with Gasteiger partial charge in [0.05, 0.1) is 19.4 Å². The van der Waals surface area contributed by atoms with Crippen LogP contribution in [0.3, 0.4) is 0 Å². The number of hydrogen-bond donors (Lipinski definition) is 2. The molecule has 7 heteroatoms. The zero-order valence-corrected chi connectivity index (χ0v) is 15.2. The Morgan fingerprint density at radius 2 is 1.81 bits per heavy atom. The maximum Gasteiger partial charge on any atom is 0.323 e. The molecule has 0 fully saturated rings. The number of nitrogens with zero attached hydrogens (tertiary/aromatic N) is 3. The van der Waals surface area contributed by atoms with Gasteiger partial charge in [-0.15, -0.1) is 0 Å². The lowest BCUT2D eigenvalue weighted by atomic mass is 10.0. The number of aromatic nitrogens is 3. The van der Waals surface area contributed by atoms with E-state index in [1.54, 1.807) is 6.26 Å². The Morgan fingerprint density at radius 1 is 1.04 bits per heavy atom. The van der Waals surface area contributed by atoms with Gasteiger partial charge in [-0.05, 0) is 42.7 Å². The molecule has 0 saturated heterocycles. The highest BCUT2D eigenvalue weighted by Gasteiger charge is 2.09. The van der Waals surface area contributed by atoms with Gasteiger partial charge in [0.15, 0.2) is 0 Å². The zero-order chi connectivity index (χ0) is 18.4. The summed E-state index contributed by atoms with van der Waals surface area (Å²) < 4.78 is 10.8. The van der Waals surface area contributed by atoms with Crippen molar-refractivity contribution in [1.82, 2.24) is 15.0 Å². The van der Waals surface area contributed by atoms with Crippen LogP contribution in [-0.2, 0) is 6.54 Å². The lowest BCUT2D eigenvalue weighted by Gasteiger charge is -2.11. The summed E-state index contributed by atoms with van der Waals surface area (Å²) in [5.41, 5.74) is 2.18. The molecule has 0 radical (unpaired) electrons. The second kappa shape index (κ2) is 8.33. The van der Waals surface area contributed by atoms with Crippen LogP contribution in [0, 0.1) is 0 Å². The van der Waals surface area contributed by atoms with Gasteiger partial charge in [-0.1, -0.05) is 26.0 Å². The van der Waals surface area contributed by atoms with Crippen molar-refractivity contribution in [2.75, 3.05) is 17.2 Å². The predicted molar refractivity (Wildman–Crippen MR) is 101 cm³/mol. The van der Waals surface area contributed by atoms with Crippen molar-refractivity contribution in [3.05, 3.63) is 54.0 Å². The molecule has 0 aliphatic heterocycles. The Balaban J connectivity index is 1.76. The Bertz CT molecular complexity index is 816. The molecule has 2 N–H and O–H groups in total. The molecule has 0 aliphatic rings. The van der Waals surface area contributed by atoms with Crippen LogP contribution < -0.4 is 15.4 Å².